The van der Waals surface area contributed by atoms with Crippen molar-refractivity contribution in [3.8, 4) is 0 Å². The minimum Gasteiger partial charge on any atom is -0.369 e. The molecule has 142 valence electrons. The molecule has 3 aliphatic rings. The molecule has 1 amide bonds. The fourth-order valence-corrected chi connectivity index (χ4v) is 4.98. The van der Waals surface area contributed by atoms with Crippen molar-refractivity contribution in [2.24, 2.45) is 17.6 Å². The van der Waals surface area contributed by atoms with Gasteiger partial charge in [0, 0.05) is 64.0 Å². The molecule has 3 atom stereocenters. The maximum atomic E-state index is 12.6. The summed E-state index contributed by atoms with van der Waals surface area (Å²) >= 11 is 0. The summed E-state index contributed by atoms with van der Waals surface area (Å²) < 4.78 is 0. The number of nitrogens with two attached hydrogens (primary N) is 1. The van der Waals surface area contributed by atoms with Crippen LogP contribution in [0.15, 0.2) is 24.3 Å². The van der Waals surface area contributed by atoms with Crippen LogP contribution in [-0.4, -0.2) is 67.6 Å². The van der Waals surface area contributed by atoms with Crippen molar-refractivity contribution in [2.75, 3.05) is 50.7 Å². The van der Waals surface area contributed by atoms with Gasteiger partial charge in [0.2, 0.25) is 5.91 Å². The van der Waals surface area contributed by atoms with E-state index >= 15 is 0 Å². The Kier molecular flexibility index (Phi) is 5.18. The summed E-state index contributed by atoms with van der Waals surface area (Å²) in [5.41, 5.74) is 8.82. The van der Waals surface area contributed by atoms with Gasteiger partial charge in [-0.3, -0.25) is 9.69 Å². The van der Waals surface area contributed by atoms with Crippen molar-refractivity contribution in [1.82, 2.24) is 9.80 Å². The number of benzene rings is 1. The highest BCUT2D eigenvalue weighted by Crippen LogP contribution is 2.37. The zero-order chi connectivity index (χ0) is 18.1. The molecule has 1 saturated carbocycles. The third-order valence-corrected chi connectivity index (χ3v) is 6.65. The van der Waals surface area contributed by atoms with E-state index in [0.717, 1.165) is 52.2 Å². The van der Waals surface area contributed by atoms with E-state index < -0.39 is 0 Å². The van der Waals surface area contributed by atoms with E-state index in [1.807, 2.05) is 0 Å². The van der Waals surface area contributed by atoms with E-state index in [4.69, 9.17) is 5.73 Å². The first-order valence-electron chi connectivity index (χ1n) is 10.2. The molecule has 26 heavy (non-hydrogen) atoms. The minimum atomic E-state index is 0.313. The monoisotopic (exact) mass is 356 g/mol. The summed E-state index contributed by atoms with van der Waals surface area (Å²) in [6.07, 6.45) is 3.00. The number of nitrogens with zero attached hydrogens (tertiary/aromatic N) is 3. The van der Waals surface area contributed by atoms with Gasteiger partial charge in [0.05, 0.1) is 0 Å². The van der Waals surface area contributed by atoms with Crippen LogP contribution in [0.3, 0.4) is 0 Å². The van der Waals surface area contributed by atoms with E-state index in [2.05, 4.69) is 45.9 Å². The molecule has 0 aromatic heterocycles. The first-order chi connectivity index (χ1) is 12.6. The van der Waals surface area contributed by atoms with Crippen molar-refractivity contribution >= 4 is 11.6 Å². The summed E-state index contributed by atoms with van der Waals surface area (Å²) in [6, 6.07) is 9.04. The van der Waals surface area contributed by atoms with Gasteiger partial charge in [0.1, 0.15) is 0 Å². The second-order valence-electron chi connectivity index (χ2n) is 8.38. The SMILES string of the molecule is Cc1cccc(N2CCN(CCC(=O)N3CC4CCC(N)C4C3)CC2)c1. The number of carbonyl (C=O) groups excluding carboxylic acids is 1. The maximum absolute atomic E-state index is 12.6. The molecule has 3 unspecified atom stereocenters. The van der Waals surface area contributed by atoms with Crippen LogP contribution in [0.1, 0.15) is 24.8 Å². The van der Waals surface area contributed by atoms with Gasteiger partial charge in [0.25, 0.3) is 0 Å². The number of hydrogen-bond acceptors (Lipinski definition) is 4. The van der Waals surface area contributed by atoms with Gasteiger partial charge in [-0.15, -0.1) is 0 Å². The Morgan fingerprint density at radius 2 is 1.96 bits per heavy atom. The summed E-state index contributed by atoms with van der Waals surface area (Å²) in [7, 11) is 0. The van der Waals surface area contributed by atoms with Crippen LogP contribution in [0.4, 0.5) is 5.69 Å². The van der Waals surface area contributed by atoms with Crippen molar-refractivity contribution in [3.63, 3.8) is 0 Å². The average Bonchev–Trinajstić information content (AvgIpc) is 3.22. The Hall–Kier alpha value is -1.59. The highest BCUT2D eigenvalue weighted by Gasteiger charge is 2.42. The lowest BCUT2D eigenvalue weighted by molar-refractivity contribution is -0.130. The lowest BCUT2D eigenvalue weighted by Crippen LogP contribution is -2.47. The largest absolute Gasteiger partial charge is 0.369 e. The average molecular weight is 357 g/mol. The standard InChI is InChI=1S/C21H32N4O/c1-16-3-2-4-18(13-16)24-11-9-23(10-12-24)8-7-21(26)25-14-17-5-6-20(22)19(17)15-25/h2-4,13,17,19-20H,5-12,14-15,22H2,1H3. The van der Waals surface area contributed by atoms with E-state index in [0.29, 0.717) is 30.2 Å². The van der Waals surface area contributed by atoms with Crippen molar-refractivity contribution in [1.29, 1.82) is 0 Å². The minimum absolute atomic E-state index is 0.313. The Labute approximate surface area is 157 Å². The number of aryl methyl sites for hydroxylation is 1. The molecule has 2 N–H and O–H groups in total. The molecule has 2 saturated heterocycles. The highest BCUT2D eigenvalue weighted by atomic mass is 16.2. The topological polar surface area (TPSA) is 52.8 Å². The molecule has 1 aromatic rings. The molecule has 5 heteroatoms. The molecule has 0 radical (unpaired) electrons. The Bertz CT molecular complexity index is 641. The summed E-state index contributed by atoms with van der Waals surface area (Å²) in [6.45, 7) is 9.03. The van der Waals surface area contributed by atoms with Gasteiger partial charge in [-0.05, 0) is 49.3 Å². The third-order valence-electron chi connectivity index (χ3n) is 6.65. The van der Waals surface area contributed by atoms with E-state index in [-0.39, 0.29) is 0 Å². The number of likely N-dealkylation sites (tertiary alicyclic amines) is 1. The van der Waals surface area contributed by atoms with Crippen molar-refractivity contribution < 1.29 is 4.79 Å². The smallest absolute Gasteiger partial charge is 0.223 e. The van der Waals surface area contributed by atoms with Crippen LogP contribution in [0.5, 0.6) is 0 Å². The zero-order valence-electron chi connectivity index (χ0n) is 15.9. The number of carbonyl (C=O) groups is 1. The molecule has 5 nitrogen and oxygen atoms in total. The molecular formula is C21H32N4O. The third kappa shape index (κ3) is 3.74. The van der Waals surface area contributed by atoms with Crippen LogP contribution >= 0.6 is 0 Å². The molecule has 0 spiro atoms. The van der Waals surface area contributed by atoms with E-state index in [9.17, 15) is 4.79 Å². The summed E-state index contributed by atoms with van der Waals surface area (Å²) in [4.78, 5) is 19.6. The van der Waals surface area contributed by atoms with Crippen molar-refractivity contribution in [3.05, 3.63) is 29.8 Å². The van der Waals surface area contributed by atoms with Gasteiger partial charge in [-0.1, -0.05) is 12.1 Å². The number of anilines is 1. The number of fused-ring (bicyclic) bond motifs is 1. The molecule has 2 aliphatic heterocycles. The Morgan fingerprint density at radius 3 is 2.69 bits per heavy atom. The Balaban J connectivity index is 1.21. The molecule has 0 bridgehead atoms. The lowest BCUT2D eigenvalue weighted by atomic mass is 9.98. The van der Waals surface area contributed by atoms with Gasteiger partial charge in [0.15, 0.2) is 0 Å². The quantitative estimate of drug-likeness (QED) is 0.892. The van der Waals surface area contributed by atoms with Gasteiger partial charge in [-0.2, -0.15) is 0 Å². The molecule has 3 fully saturated rings. The molecule has 2 heterocycles. The first kappa shape index (κ1) is 17.8. The van der Waals surface area contributed by atoms with Crippen LogP contribution < -0.4 is 10.6 Å². The molecule has 1 aromatic carbocycles. The Morgan fingerprint density at radius 1 is 1.15 bits per heavy atom. The number of piperazine rings is 1. The van der Waals surface area contributed by atoms with E-state index in [1.54, 1.807) is 0 Å². The predicted octanol–water partition coefficient (Wildman–Crippen LogP) is 1.70. The second kappa shape index (κ2) is 7.57. The first-order valence-corrected chi connectivity index (χ1v) is 10.2. The molecule has 4 rings (SSSR count). The second-order valence-corrected chi connectivity index (χ2v) is 8.38. The fraction of sp³-hybridized carbons (Fsp3) is 0.667. The van der Waals surface area contributed by atoms with Gasteiger partial charge >= 0.3 is 0 Å². The van der Waals surface area contributed by atoms with Crippen LogP contribution in [0.25, 0.3) is 0 Å². The number of rotatable bonds is 4. The van der Waals surface area contributed by atoms with E-state index in [1.165, 1.54) is 17.7 Å². The number of amides is 1. The van der Waals surface area contributed by atoms with Gasteiger partial charge < -0.3 is 15.5 Å². The summed E-state index contributed by atoms with van der Waals surface area (Å²) in [5.74, 6) is 1.54. The zero-order valence-corrected chi connectivity index (χ0v) is 15.9. The maximum Gasteiger partial charge on any atom is 0.223 e. The summed E-state index contributed by atoms with van der Waals surface area (Å²) in [5, 5.41) is 0. The fourth-order valence-electron chi connectivity index (χ4n) is 4.98. The van der Waals surface area contributed by atoms with Crippen LogP contribution in [0.2, 0.25) is 0 Å². The van der Waals surface area contributed by atoms with Crippen LogP contribution in [-0.2, 0) is 4.79 Å². The highest BCUT2D eigenvalue weighted by molar-refractivity contribution is 5.76. The normalized spacial score (nSPS) is 29.2. The molecule has 1 aliphatic carbocycles. The predicted molar refractivity (Wildman–Crippen MR) is 105 cm³/mol. The van der Waals surface area contributed by atoms with Gasteiger partial charge in [-0.25, -0.2) is 0 Å². The van der Waals surface area contributed by atoms with Crippen molar-refractivity contribution in [2.45, 2.75) is 32.2 Å². The lowest BCUT2D eigenvalue weighted by Gasteiger charge is -2.36. The van der Waals surface area contributed by atoms with Crippen LogP contribution in [0, 0.1) is 18.8 Å². The number of hydrogen-bond donors (Lipinski definition) is 1. The molecular weight excluding hydrogens is 324 g/mol.